The number of rotatable bonds is 8. The lowest BCUT2D eigenvalue weighted by Gasteiger charge is -2.48. The first-order chi connectivity index (χ1) is 15.3. The van der Waals surface area contributed by atoms with E-state index in [1.165, 1.54) is 12.8 Å². The third kappa shape index (κ3) is 2.78. The fourth-order valence-electron chi connectivity index (χ4n) is 7.85. The first kappa shape index (κ1) is 22.1. The Morgan fingerprint density at radius 3 is 2.25 bits per heavy atom. The fourth-order valence-corrected chi connectivity index (χ4v) is 8.11. The summed E-state index contributed by atoms with van der Waals surface area (Å²) in [7, 11) is 0. The molecule has 172 valence electrons. The van der Waals surface area contributed by atoms with Crippen LogP contribution in [0.3, 0.4) is 0 Å². The average Bonchev–Trinajstić information content (AvgIpc) is 3.12. The first-order valence-corrected chi connectivity index (χ1v) is 12.9. The van der Waals surface area contributed by atoms with Crippen molar-refractivity contribution < 1.29 is 9.59 Å². The quantitative estimate of drug-likeness (QED) is 0.531. The summed E-state index contributed by atoms with van der Waals surface area (Å²) in [6.45, 7) is 4.59. The maximum atomic E-state index is 13.5. The standard InChI is InChI=1S/C26H34BrN3O2/c1-17(30-15-2-3-16-30)5-4-12-25(22(28)31)20-10-11-21(24(20)13-14-24)26(25,23(29)32)18-6-8-19(27)9-7-18/h6-11,17,20-21H,2-5,12-16H2,1H3,(H2,28,31)(H2,29,32)/t17?,20-,21+,25+,26-/m1/s1. The van der Waals surface area contributed by atoms with E-state index < -0.39 is 16.7 Å². The number of hydrogen-bond donors (Lipinski definition) is 2. The van der Waals surface area contributed by atoms with E-state index >= 15 is 0 Å². The summed E-state index contributed by atoms with van der Waals surface area (Å²) in [5.74, 6) is -0.858. The Kier molecular flexibility index (Phi) is 5.33. The number of halogens is 1. The highest BCUT2D eigenvalue weighted by molar-refractivity contribution is 9.10. The molecule has 2 bridgehead atoms. The third-order valence-electron chi connectivity index (χ3n) is 9.35. The topological polar surface area (TPSA) is 89.4 Å². The molecule has 1 aliphatic heterocycles. The fraction of sp³-hybridized carbons (Fsp3) is 0.615. The number of allylic oxidation sites excluding steroid dienone is 2. The van der Waals surface area contributed by atoms with Crippen molar-refractivity contribution in [1.82, 2.24) is 4.90 Å². The predicted molar refractivity (Wildman–Crippen MR) is 129 cm³/mol. The maximum absolute atomic E-state index is 13.5. The molecule has 4 aliphatic rings. The summed E-state index contributed by atoms with van der Waals surface area (Å²) in [5, 5.41) is 0. The van der Waals surface area contributed by atoms with Crippen molar-refractivity contribution in [3.63, 3.8) is 0 Å². The number of benzene rings is 1. The summed E-state index contributed by atoms with van der Waals surface area (Å²) in [6, 6.07) is 8.28. The van der Waals surface area contributed by atoms with E-state index in [0.29, 0.717) is 12.5 Å². The molecule has 1 spiro atoms. The van der Waals surface area contributed by atoms with Crippen molar-refractivity contribution in [3.05, 3.63) is 46.5 Å². The summed E-state index contributed by atoms with van der Waals surface area (Å²) in [4.78, 5) is 29.5. The SMILES string of the molecule is CC(CCC[C@@]1(C(N)=O)[C@@H]2C=C[C@@H](C23CC3)[C@@]1(C(N)=O)c1ccc(Br)cc1)N1CCCC1. The number of nitrogens with zero attached hydrogens (tertiary/aromatic N) is 1. The minimum absolute atomic E-state index is 0.0178. The number of primary amides is 2. The second-order valence-electron chi connectivity index (χ2n) is 10.6. The van der Waals surface area contributed by atoms with Crippen LogP contribution in [0.5, 0.6) is 0 Å². The zero-order chi connectivity index (χ0) is 22.7. The first-order valence-electron chi connectivity index (χ1n) is 12.1. The lowest BCUT2D eigenvalue weighted by Crippen LogP contribution is -2.62. The Balaban J connectivity index is 1.57. The molecule has 6 heteroatoms. The van der Waals surface area contributed by atoms with E-state index in [9.17, 15) is 9.59 Å². The van der Waals surface area contributed by atoms with E-state index in [1.807, 2.05) is 24.3 Å². The van der Waals surface area contributed by atoms with Crippen LogP contribution in [0.15, 0.2) is 40.9 Å². The van der Waals surface area contributed by atoms with Gasteiger partial charge in [-0.25, -0.2) is 0 Å². The largest absolute Gasteiger partial charge is 0.369 e. The van der Waals surface area contributed by atoms with Gasteiger partial charge in [0, 0.05) is 16.4 Å². The molecule has 1 heterocycles. The Hall–Kier alpha value is -1.66. The molecule has 1 unspecified atom stereocenters. The summed E-state index contributed by atoms with van der Waals surface area (Å²) in [6.07, 6.45) is 11.4. The van der Waals surface area contributed by atoms with Gasteiger partial charge in [0.1, 0.15) is 0 Å². The summed E-state index contributed by atoms with van der Waals surface area (Å²) in [5.41, 5.74) is 11.3. The van der Waals surface area contributed by atoms with Gasteiger partial charge in [-0.05, 0) is 87.6 Å². The number of nitrogens with two attached hydrogens (primary N) is 2. The van der Waals surface area contributed by atoms with E-state index in [1.54, 1.807) is 0 Å². The molecule has 1 saturated heterocycles. The Bertz CT molecular complexity index is 950. The normalized spacial score (nSPS) is 35.4. The molecule has 0 radical (unpaired) electrons. The number of likely N-dealkylation sites (tertiary alicyclic amines) is 1. The number of carbonyl (C=O) groups excluding carboxylic acids is 2. The molecule has 4 N–H and O–H groups in total. The molecular formula is C26H34BrN3O2. The lowest BCUT2D eigenvalue weighted by molar-refractivity contribution is -0.144. The number of amides is 2. The molecular weight excluding hydrogens is 466 g/mol. The van der Waals surface area contributed by atoms with E-state index in [4.69, 9.17) is 11.5 Å². The number of hydrogen-bond acceptors (Lipinski definition) is 3. The second-order valence-corrected chi connectivity index (χ2v) is 11.5. The van der Waals surface area contributed by atoms with Gasteiger partial charge in [-0.2, -0.15) is 0 Å². The van der Waals surface area contributed by atoms with Gasteiger partial charge in [-0.1, -0.05) is 46.6 Å². The van der Waals surface area contributed by atoms with Crippen LogP contribution in [0.2, 0.25) is 0 Å². The minimum atomic E-state index is -1.09. The average molecular weight is 500 g/mol. The molecule has 2 saturated carbocycles. The molecule has 5 rings (SSSR count). The van der Waals surface area contributed by atoms with E-state index in [0.717, 1.165) is 48.8 Å². The van der Waals surface area contributed by atoms with Crippen molar-refractivity contribution in [2.45, 2.75) is 63.3 Å². The van der Waals surface area contributed by atoms with Crippen molar-refractivity contribution in [3.8, 4) is 0 Å². The predicted octanol–water partition coefficient (Wildman–Crippen LogP) is 3.89. The van der Waals surface area contributed by atoms with Crippen LogP contribution in [-0.4, -0.2) is 35.8 Å². The smallest absolute Gasteiger partial charge is 0.229 e. The van der Waals surface area contributed by atoms with Crippen LogP contribution in [0.4, 0.5) is 0 Å². The van der Waals surface area contributed by atoms with Crippen LogP contribution in [0.25, 0.3) is 0 Å². The monoisotopic (exact) mass is 499 g/mol. The molecule has 32 heavy (non-hydrogen) atoms. The van der Waals surface area contributed by atoms with Crippen LogP contribution in [0, 0.1) is 22.7 Å². The lowest BCUT2D eigenvalue weighted by atomic mass is 9.52. The Morgan fingerprint density at radius 2 is 1.69 bits per heavy atom. The van der Waals surface area contributed by atoms with Gasteiger partial charge in [0.05, 0.1) is 10.8 Å². The highest BCUT2D eigenvalue weighted by atomic mass is 79.9. The van der Waals surface area contributed by atoms with Crippen molar-refractivity contribution in [2.24, 2.45) is 34.1 Å². The van der Waals surface area contributed by atoms with Crippen LogP contribution >= 0.6 is 15.9 Å². The highest BCUT2D eigenvalue weighted by Gasteiger charge is 2.82. The maximum Gasteiger partial charge on any atom is 0.229 e. The number of carbonyl (C=O) groups is 2. The molecule has 5 nitrogen and oxygen atoms in total. The molecule has 1 aromatic carbocycles. The van der Waals surface area contributed by atoms with Gasteiger partial charge in [-0.15, -0.1) is 0 Å². The van der Waals surface area contributed by atoms with Crippen LogP contribution in [0.1, 0.15) is 57.4 Å². The van der Waals surface area contributed by atoms with Gasteiger partial charge in [0.15, 0.2) is 0 Å². The Labute approximate surface area is 199 Å². The van der Waals surface area contributed by atoms with E-state index in [2.05, 4.69) is 39.9 Å². The highest BCUT2D eigenvalue weighted by Crippen LogP contribution is 2.80. The molecule has 5 atom stereocenters. The second kappa shape index (κ2) is 7.69. The zero-order valence-corrected chi connectivity index (χ0v) is 20.4. The molecule has 1 aromatic rings. The van der Waals surface area contributed by atoms with Crippen molar-refractivity contribution in [1.29, 1.82) is 0 Å². The third-order valence-corrected chi connectivity index (χ3v) is 9.88. The van der Waals surface area contributed by atoms with Crippen LogP contribution < -0.4 is 11.5 Å². The molecule has 3 aliphatic carbocycles. The minimum Gasteiger partial charge on any atom is -0.369 e. The van der Waals surface area contributed by atoms with Gasteiger partial charge < -0.3 is 16.4 Å². The molecule has 3 fully saturated rings. The van der Waals surface area contributed by atoms with Crippen LogP contribution in [-0.2, 0) is 15.0 Å². The van der Waals surface area contributed by atoms with Gasteiger partial charge >= 0.3 is 0 Å². The van der Waals surface area contributed by atoms with Crippen molar-refractivity contribution in [2.75, 3.05) is 13.1 Å². The summed E-state index contributed by atoms with van der Waals surface area (Å²) < 4.78 is 0.935. The summed E-state index contributed by atoms with van der Waals surface area (Å²) >= 11 is 3.51. The van der Waals surface area contributed by atoms with Gasteiger partial charge in [0.2, 0.25) is 11.8 Å². The van der Waals surface area contributed by atoms with Gasteiger partial charge in [-0.3, -0.25) is 9.59 Å². The van der Waals surface area contributed by atoms with Crippen molar-refractivity contribution >= 4 is 27.7 Å². The Morgan fingerprint density at radius 1 is 1.06 bits per heavy atom. The molecule has 2 amide bonds. The molecule has 0 aromatic heterocycles. The van der Waals surface area contributed by atoms with Gasteiger partial charge in [0.25, 0.3) is 0 Å². The van der Waals surface area contributed by atoms with E-state index in [-0.39, 0.29) is 23.2 Å². The zero-order valence-electron chi connectivity index (χ0n) is 18.9.